The molecule has 1 amide bonds. The molecule has 0 fully saturated rings. The zero-order valence-corrected chi connectivity index (χ0v) is 13.1. The quantitative estimate of drug-likeness (QED) is 0.717. The lowest BCUT2D eigenvalue weighted by Gasteiger charge is -2.14. The van der Waals surface area contributed by atoms with Crippen LogP contribution in [0, 0.1) is 0 Å². The minimum atomic E-state index is -1.06. The molecule has 0 aliphatic carbocycles. The molecular formula is C14H17Cl2NO4. The summed E-state index contributed by atoms with van der Waals surface area (Å²) >= 11 is 11.7. The Labute approximate surface area is 133 Å². The van der Waals surface area contributed by atoms with Crippen molar-refractivity contribution in [3.8, 4) is 0 Å². The first-order chi connectivity index (χ1) is 9.93. The third-order valence-electron chi connectivity index (χ3n) is 2.82. The fourth-order valence-corrected chi connectivity index (χ4v) is 2.09. The predicted molar refractivity (Wildman–Crippen MR) is 80.8 cm³/mol. The summed E-state index contributed by atoms with van der Waals surface area (Å²) < 4.78 is 4.86. The molecule has 0 aliphatic rings. The van der Waals surface area contributed by atoms with E-state index in [0.717, 1.165) is 0 Å². The molecule has 0 aromatic heterocycles. The van der Waals surface area contributed by atoms with Crippen molar-refractivity contribution in [2.24, 2.45) is 0 Å². The largest absolute Gasteiger partial charge is 0.480 e. The van der Waals surface area contributed by atoms with Gasteiger partial charge in [0.1, 0.15) is 6.04 Å². The predicted octanol–water partition coefficient (Wildman–Crippen LogP) is 2.53. The van der Waals surface area contributed by atoms with Crippen LogP contribution in [0.1, 0.15) is 18.4 Å². The summed E-state index contributed by atoms with van der Waals surface area (Å²) in [6, 6.07) is 3.94. The summed E-state index contributed by atoms with van der Waals surface area (Å²) in [7, 11) is 1.54. The van der Waals surface area contributed by atoms with Gasteiger partial charge in [0.2, 0.25) is 5.91 Å². The van der Waals surface area contributed by atoms with E-state index in [2.05, 4.69) is 5.32 Å². The summed E-state index contributed by atoms with van der Waals surface area (Å²) in [5, 5.41) is 12.3. The van der Waals surface area contributed by atoms with Gasteiger partial charge in [0.15, 0.2) is 0 Å². The van der Waals surface area contributed by atoms with Crippen molar-refractivity contribution in [3.05, 3.63) is 33.8 Å². The number of aliphatic carboxylic acids is 1. The van der Waals surface area contributed by atoms with Gasteiger partial charge in [-0.1, -0.05) is 29.3 Å². The Morgan fingerprint density at radius 1 is 1.33 bits per heavy atom. The van der Waals surface area contributed by atoms with E-state index in [1.54, 1.807) is 25.3 Å². The topological polar surface area (TPSA) is 75.6 Å². The highest BCUT2D eigenvalue weighted by Gasteiger charge is 2.19. The Hall–Kier alpha value is -1.30. The molecule has 7 heteroatoms. The van der Waals surface area contributed by atoms with E-state index in [1.807, 2.05) is 0 Å². The first kappa shape index (κ1) is 17.8. The third kappa shape index (κ3) is 6.33. The fourth-order valence-electron chi connectivity index (χ4n) is 1.77. The van der Waals surface area contributed by atoms with Gasteiger partial charge in [0.25, 0.3) is 0 Å². The zero-order chi connectivity index (χ0) is 15.8. The van der Waals surface area contributed by atoms with Crippen LogP contribution in [0.3, 0.4) is 0 Å². The van der Waals surface area contributed by atoms with Gasteiger partial charge in [0, 0.05) is 13.7 Å². The van der Waals surface area contributed by atoms with Gasteiger partial charge in [-0.15, -0.1) is 0 Å². The molecule has 1 aromatic rings. The smallest absolute Gasteiger partial charge is 0.326 e. The van der Waals surface area contributed by atoms with E-state index < -0.39 is 12.0 Å². The number of carbonyl (C=O) groups is 2. The van der Waals surface area contributed by atoms with E-state index in [4.69, 9.17) is 33.0 Å². The lowest BCUT2D eigenvalue weighted by atomic mass is 10.1. The molecule has 0 heterocycles. The molecule has 2 N–H and O–H groups in total. The van der Waals surface area contributed by atoms with Gasteiger partial charge in [0.05, 0.1) is 16.5 Å². The fraction of sp³-hybridized carbons (Fsp3) is 0.429. The van der Waals surface area contributed by atoms with Gasteiger partial charge < -0.3 is 15.2 Å². The summed E-state index contributed by atoms with van der Waals surface area (Å²) in [5.74, 6) is -1.44. The zero-order valence-electron chi connectivity index (χ0n) is 11.6. The van der Waals surface area contributed by atoms with E-state index in [1.165, 1.54) is 0 Å². The van der Waals surface area contributed by atoms with Gasteiger partial charge in [-0.2, -0.15) is 0 Å². The maximum atomic E-state index is 11.9. The second-order valence-corrected chi connectivity index (χ2v) is 5.33. The second kappa shape index (κ2) is 8.87. The Kier molecular flexibility index (Phi) is 7.50. The summed E-state index contributed by atoms with van der Waals surface area (Å²) in [4.78, 5) is 23.0. The van der Waals surface area contributed by atoms with Crippen molar-refractivity contribution >= 4 is 35.1 Å². The molecule has 116 valence electrons. The van der Waals surface area contributed by atoms with Gasteiger partial charge in [-0.3, -0.25) is 4.79 Å². The monoisotopic (exact) mass is 333 g/mol. The Balaban J connectivity index is 2.56. The van der Waals surface area contributed by atoms with Crippen molar-refractivity contribution in [3.63, 3.8) is 0 Å². The molecule has 1 aromatic carbocycles. The number of carbonyl (C=O) groups excluding carboxylic acids is 1. The molecular weight excluding hydrogens is 317 g/mol. The van der Waals surface area contributed by atoms with Crippen molar-refractivity contribution in [2.45, 2.75) is 25.3 Å². The van der Waals surface area contributed by atoms with Crippen LogP contribution in [-0.4, -0.2) is 36.7 Å². The number of rotatable bonds is 8. The number of carboxylic acid groups (broad SMARTS) is 1. The molecule has 0 radical (unpaired) electrons. The average Bonchev–Trinajstić information content (AvgIpc) is 2.42. The van der Waals surface area contributed by atoms with Crippen LogP contribution in [0.25, 0.3) is 0 Å². The second-order valence-electron chi connectivity index (χ2n) is 4.52. The van der Waals surface area contributed by atoms with Crippen molar-refractivity contribution in [1.29, 1.82) is 0 Å². The van der Waals surface area contributed by atoms with Crippen LogP contribution < -0.4 is 5.32 Å². The van der Waals surface area contributed by atoms with E-state index in [9.17, 15) is 9.59 Å². The minimum absolute atomic E-state index is 0.0466. The van der Waals surface area contributed by atoms with Crippen molar-refractivity contribution in [2.75, 3.05) is 13.7 Å². The maximum Gasteiger partial charge on any atom is 0.326 e. The number of hydrogen-bond acceptors (Lipinski definition) is 3. The lowest BCUT2D eigenvalue weighted by Crippen LogP contribution is -2.41. The summed E-state index contributed by atoms with van der Waals surface area (Å²) in [6.45, 7) is 0.451. The van der Waals surface area contributed by atoms with Crippen molar-refractivity contribution < 1.29 is 19.4 Å². The third-order valence-corrected chi connectivity index (χ3v) is 3.56. The number of methoxy groups -OCH3 is 1. The number of amides is 1. The average molecular weight is 334 g/mol. The molecule has 0 aliphatic heterocycles. The molecule has 1 atom stereocenters. The SMILES string of the molecule is COCCCC(NC(=O)Cc1ccc(Cl)c(Cl)c1)C(=O)O. The van der Waals surface area contributed by atoms with Crippen LogP contribution in [0.2, 0.25) is 10.0 Å². The lowest BCUT2D eigenvalue weighted by molar-refractivity contribution is -0.142. The highest BCUT2D eigenvalue weighted by Crippen LogP contribution is 2.22. The standard InChI is InChI=1S/C14H17Cl2NO4/c1-21-6-2-3-12(14(19)20)17-13(18)8-9-4-5-10(15)11(16)7-9/h4-5,7,12H,2-3,6,8H2,1H3,(H,17,18)(H,19,20). The highest BCUT2D eigenvalue weighted by atomic mass is 35.5. The van der Waals surface area contributed by atoms with Crippen LogP contribution >= 0.6 is 23.2 Å². The van der Waals surface area contributed by atoms with E-state index >= 15 is 0 Å². The highest BCUT2D eigenvalue weighted by molar-refractivity contribution is 6.42. The van der Waals surface area contributed by atoms with E-state index in [-0.39, 0.29) is 12.3 Å². The van der Waals surface area contributed by atoms with Gasteiger partial charge >= 0.3 is 5.97 Å². The summed E-state index contributed by atoms with van der Waals surface area (Å²) in [6.07, 6.45) is 0.918. The number of halogens is 2. The van der Waals surface area contributed by atoms with E-state index in [0.29, 0.717) is 35.1 Å². The van der Waals surface area contributed by atoms with Crippen LogP contribution in [0.15, 0.2) is 18.2 Å². The molecule has 21 heavy (non-hydrogen) atoms. The van der Waals surface area contributed by atoms with Crippen LogP contribution in [-0.2, 0) is 20.7 Å². The summed E-state index contributed by atoms with van der Waals surface area (Å²) in [5.41, 5.74) is 0.669. The Bertz CT molecular complexity index is 508. The first-order valence-electron chi connectivity index (χ1n) is 6.39. The first-order valence-corrected chi connectivity index (χ1v) is 7.14. The minimum Gasteiger partial charge on any atom is -0.480 e. The molecule has 5 nitrogen and oxygen atoms in total. The molecule has 1 rings (SSSR count). The molecule has 0 bridgehead atoms. The Morgan fingerprint density at radius 3 is 2.62 bits per heavy atom. The number of benzene rings is 1. The van der Waals surface area contributed by atoms with Crippen LogP contribution in [0.5, 0.6) is 0 Å². The van der Waals surface area contributed by atoms with Crippen molar-refractivity contribution in [1.82, 2.24) is 5.32 Å². The molecule has 1 unspecified atom stereocenters. The number of nitrogens with one attached hydrogen (secondary N) is 1. The van der Waals surface area contributed by atoms with Crippen LogP contribution in [0.4, 0.5) is 0 Å². The molecule has 0 saturated heterocycles. The molecule has 0 spiro atoms. The van der Waals surface area contributed by atoms with Gasteiger partial charge in [-0.25, -0.2) is 4.79 Å². The molecule has 0 saturated carbocycles. The normalized spacial score (nSPS) is 12.0. The van der Waals surface area contributed by atoms with Gasteiger partial charge in [-0.05, 0) is 30.5 Å². The number of hydrogen-bond donors (Lipinski definition) is 2. The maximum absolute atomic E-state index is 11.9. The number of ether oxygens (including phenoxy) is 1. The Morgan fingerprint density at radius 2 is 2.05 bits per heavy atom. The number of carboxylic acids is 1.